The number of pyridine rings is 1. The molecule has 2 aliphatic heterocycles. The minimum atomic E-state index is -0.511. The highest BCUT2D eigenvalue weighted by molar-refractivity contribution is 5.89. The molecule has 7 heteroatoms. The maximum atomic E-state index is 12.1. The molecule has 0 bridgehead atoms. The highest BCUT2D eigenvalue weighted by Gasteiger charge is 2.51. The predicted octanol–water partition coefficient (Wildman–Crippen LogP) is 1.12. The molecule has 0 aromatic carbocycles. The molecule has 3 rings (SSSR count). The smallest absolute Gasteiger partial charge is 0.340 e. The first-order chi connectivity index (χ1) is 11.2. The van der Waals surface area contributed by atoms with Gasteiger partial charge in [0.25, 0.3) is 0 Å². The van der Waals surface area contributed by atoms with Crippen molar-refractivity contribution in [2.24, 2.45) is 0 Å². The average Bonchev–Trinajstić information content (AvgIpc) is 3.12. The Morgan fingerprint density at radius 1 is 1.22 bits per heavy atom. The van der Waals surface area contributed by atoms with E-state index in [1.54, 1.807) is 18.3 Å². The average molecular weight is 321 g/mol. The van der Waals surface area contributed by atoms with Gasteiger partial charge in [0.1, 0.15) is 12.2 Å². The fourth-order valence-corrected chi connectivity index (χ4v) is 2.75. The second-order valence-corrected chi connectivity index (χ2v) is 5.56. The zero-order valence-corrected chi connectivity index (χ0v) is 12.8. The van der Waals surface area contributed by atoms with E-state index in [1.807, 2.05) is 6.92 Å². The van der Waals surface area contributed by atoms with Gasteiger partial charge in [0.2, 0.25) is 0 Å². The van der Waals surface area contributed by atoms with Crippen LogP contribution in [0.3, 0.4) is 0 Å². The second-order valence-electron chi connectivity index (χ2n) is 5.56. The highest BCUT2D eigenvalue weighted by atomic mass is 16.7. The van der Waals surface area contributed by atoms with Crippen molar-refractivity contribution in [3.63, 3.8) is 0 Å². The fraction of sp³-hybridized carbons (Fsp3) is 0.562. The number of esters is 2. The van der Waals surface area contributed by atoms with Crippen molar-refractivity contribution >= 4 is 11.9 Å². The first kappa shape index (κ1) is 15.9. The summed E-state index contributed by atoms with van der Waals surface area (Å²) in [6, 6.07) is 3.30. The Hall–Kier alpha value is -1.99. The number of carbonyl (C=O) groups is 2. The summed E-state index contributed by atoms with van der Waals surface area (Å²) in [7, 11) is 0. The molecule has 0 spiro atoms. The van der Waals surface area contributed by atoms with Gasteiger partial charge >= 0.3 is 11.9 Å². The molecular formula is C16H19NO6. The molecule has 4 atom stereocenters. The molecule has 0 aliphatic carbocycles. The van der Waals surface area contributed by atoms with E-state index in [9.17, 15) is 9.59 Å². The molecule has 2 saturated heterocycles. The summed E-state index contributed by atoms with van der Waals surface area (Å²) < 4.78 is 22.1. The van der Waals surface area contributed by atoms with Gasteiger partial charge in [0.05, 0.1) is 18.8 Å². The molecule has 2 fully saturated rings. The van der Waals surface area contributed by atoms with Crippen LogP contribution in [0.4, 0.5) is 0 Å². The molecule has 0 amide bonds. The monoisotopic (exact) mass is 321 g/mol. The number of rotatable bonds is 5. The molecule has 1 aromatic rings. The summed E-state index contributed by atoms with van der Waals surface area (Å²) in [4.78, 5) is 27.6. The second kappa shape index (κ2) is 7.06. The van der Waals surface area contributed by atoms with Gasteiger partial charge in [-0.1, -0.05) is 6.92 Å². The third-order valence-electron chi connectivity index (χ3n) is 3.86. The Kier molecular flexibility index (Phi) is 4.88. The lowest BCUT2D eigenvalue weighted by atomic mass is 10.1. The van der Waals surface area contributed by atoms with Crippen LogP contribution in [0.25, 0.3) is 0 Å². The Labute approximate surface area is 133 Å². The highest BCUT2D eigenvalue weighted by Crippen LogP contribution is 2.31. The van der Waals surface area contributed by atoms with E-state index in [0.29, 0.717) is 12.0 Å². The molecule has 0 saturated carbocycles. The van der Waals surface area contributed by atoms with Crippen LogP contribution >= 0.6 is 0 Å². The Morgan fingerprint density at radius 3 is 2.52 bits per heavy atom. The SMILES string of the molecule is CCCC(=O)O[C@H]1CO[C@@H]2C(OC(=O)c3cccnc3)CO[C@H]12. The van der Waals surface area contributed by atoms with Gasteiger partial charge in [-0.2, -0.15) is 0 Å². The molecule has 1 aromatic heterocycles. The summed E-state index contributed by atoms with van der Waals surface area (Å²) >= 11 is 0. The lowest BCUT2D eigenvalue weighted by Gasteiger charge is -2.17. The largest absolute Gasteiger partial charge is 0.457 e. The number of ether oxygens (including phenoxy) is 4. The first-order valence-corrected chi connectivity index (χ1v) is 7.72. The normalized spacial score (nSPS) is 29.1. The van der Waals surface area contributed by atoms with Crippen LogP contribution in [0.2, 0.25) is 0 Å². The van der Waals surface area contributed by atoms with Gasteiger partial charge in [-0.3, -0.25) is 9.78 Å². The molecule has 0 radical (unpaired) electrons. The van der Waals surface area contributed by atoms with E-state index in [4.69, 9.17) is 18.9 Å². The minimum absolute atomic E-state index is 0.225. The predicted molar refractivity (Wildman–Crippen MR) is 77.7 cm³/mol. The molecule has 0 N–H and O–H groups in total. The maximum Gasteiger partial charge on any atom is 0.340 e. The quantitative estimate of drug-likeness (QED) is 0.751. The summed E-state index contributed by atoms with van der Waals surface area (Å²) in [6.07, 6.45) is 2.38. The molecule has 2 aliphatic rings. The molecule has 1 unspecified atom stereocenters. The molecule has 124 valence electrons. The van der Waals surface area contributed by atoms with Gasteiger partial charge in [-0.15, -0.1) is 0 Å². The zero-order chi connectivity index (χ0) is 16.2. The third-order valence-corrected chi connectivity index (χ3v) is 3.86. The van der Waals surface area contributed by atoms with Crippen LogP contribution in [-0.4, -0.2) is 54.6 Å². The Morgan fingerprint density at radius 2 is 1.91 bits per heavy atom. The topological polar surface area (TPSA) is 84.0 Å². The van der Waals surface area contributed by atoms with Crippen molar-refractivity contribution in [3.05, 3.63) is 30.1 Å². The van der Waals surface area contributed by atoms with Crippen LogP contribution in [0.15, 0.2) is 24.5 Å². The van der Waals surface area contributed by atoms with Crippen LogP contribution in [0.1, 0.15) is 30.1 Å². The number of nitrogens with zero attached hydrogens (tertiary/aromatic N) is 1. The molecule has 23 heavy (non-hydrogen) atoms. The number of carbonyl (C=O) groups excluding carboxylic acids is 2. The van der Waals surface area contributed by atoms with Crippen LogP contribution < -0.4 is 0 Å². The van der Waals surface area contributed by atoms with E-state index in [0.717, 1.165) is 6.42 Å². The molecule has 7 nitrogen and oxygen atoms in total. The standard InChI is InChI=1S/C16H19NO6/c1-2-4-13(18)22-11-8-20-15-12(9-21-14(11)15)23-16(19)10-5-3-6-17-7-10/h3,5-7,11-12,14-15H,2,4,8-9H2,1H3/t11-,12?,14+,15+/m0/s1. The van der Waals surface area contributed by atoms with Crippen LogP contribution in [0, 0.1) is 0 Å². The van der Waals surface area contributed by atoms with E-state index in [2.05, 4.69) is 4.98 Å². The maximum absolute atomic E-state index is 12.1. The van der Waals surface area contributed by atoms with Gasteiger partial charge in [-0.05, 0) is 18.6 Å². The zero-order valence-electron chi connectivity index (χ0n) is 12.8. The molecular weight excluding hydrogens is 302 g/mol. The van der Waals surface area contributed by atoms with Gasteiger partial charge in [0, 0.05) is 18.8 Å². The van der Waals surface area contributed by atoms with Crippen molar-refractivity contribution in [1.82, 2.24) is 4.98 Å². The first-order valence-electron chi connectivity index (χ1n) is 7.72. The van der Waals surface area contributed by atoms with Crippen molar-refractivity contribution in [2.45, 2.75) is 44.2 Å². The number of aromatic nitrogens is 1. The van der Waals surface area contributed by atoms with E-state index >= 15 is 0 Å². The fourth-order valence-electron chi connectivity index (χ4n) is 2.75. The van der Waals surface area contributed by atoms with E-state index in [1.165, 1.54) is 6.20 Å². The third kappa shape index (κ3) is 3.51. The lowest BCUT2D eigenvalue weighted by Crippen LogP contribution is -2.36. The Balaban J connectivity index is 1.57. The van der Waals surface area contributed by atoms with Gasteiger partial charge < -0.3 is 18.9 Å². The summed E-state index contributed by atoms with van der Waals surface area (Å²) in [5, 5.41) is 0. The minimum Gasteiger partial charge on any atom is -0.457 e. The summed E-state index contributed by atoms with van der Waals surface area (Å²) in [5.41, 5.74) is 0.375. The van der Waals surface area contributed by atoms with Crippen molar-refractivity contribution in [2.75, 3.05) is 13.2 Å². The molecule has 3 heterocycles. The van der Waals surface area contributed by atoms with Gasteiger partial charge in [0.15, 0.2) is 12.2 Å². The van der Waals surface area contributed by atoms with E-state index < -0.39 is 24.3 Å². The number of hydrogen-bond acceptors (Lipinski definition) is 7. The number of fused-ring (bicyclic) bond motifs is 1. The van der Waals surface area contributed by atoms with Gasteiger partial charge in [-0.25, -0.2) is 4.79 Å². The Bertz CT molecular complexity index is 563. The van der Waals surface area contributed by atoms with E-state index in [-0.39, 0.29) is 25.3 Å². The lowest BCUT2D eigenvalue weighted by molar-refractivity contribution is -0.153. The van der Waals surface area contributed by atoms with Crippen molar-refractivity contribution < 1.29 is 28.5 Å². The van der Waals surface area contributed by atoms with Crippen LogP contribution in [0.5, 0.6) is 0 Å². The summed E-state index contributed by atoms with van der Waals surface area (Å²) in [6.45, 7) is 2.39. The van der Waals surface area contributed by atoms with Crippen molar-refractivity contribution in [3.8, 4) is 0 Å². The number of hydrogen-bond donors (Lipinski definition) is 0. The van der Waals surface area contributed by atoms with Crippen molar-refractivity contribution in [1.29, 1.82) is 0 Å². The summed E-state index contributed by atoms with van der Waals surface area (Å²) in [5.74, 6) is -0.733. The van der Waals surface area contributed by atoms with Crippen LogP contribution in [-0.2, 0) is 23.7 Å².